The Bertz CT molecular complexity index is 1500. The number of esters is 1. The first-order valence-corrected chi connectivity index (χ1v) is 21.0. The molecule has 6 rings (SSSR count). The lowest BCUT2D eigenvalue weighted by Crippen LogP contribution is -2.67. The number of carbonyl (C=O) groups is 2. The molecule has 2 saturated heterocycles. The van der Waals surface area contributed by atoms with Gasteiger partial charge < -0.3 is 59.5 Å². The maximum Gasteiger partial charge on any atom is 0.315 e. The van der Waals surface area contributed by atoms with Crippen LogP contribution < -0.4 is 0 Å². The van der Waals surface area contributed by atoms with Gasteiger partial charge in [-0.2, -0.15) is 0 Å². The molecule has 0 spiro atoms. The number of ether oxygens (including phenoxy) is 4. The normalized spacial score (nSPS) is 52.2. The maximum absolute atomic E-state index is 14.7. The molecule has 13 nitrogen and oxygen atoms in total. The smallest absolute Gasteiger partial charge is 0.315 e. The summed E-state index contributed by atoms with van der Waals surface area (Å²) in [7, 11) is 0. The zero-order valence-corrected chi connectivity index (χ0v) is 34.9. The number of aliphatic hydroxyl groups is 7. The molecule has 3 saturated carbocycles. The fourth-order valence-corrected chi connectivity index (χ4v) is 12.8. The average Bonchev–Trinajstić information content (AvgIpc) is 3.12. The van der Waals surface area contributed by atoms with Crippen molar-refractivity contribution in [2.75, 3.05) is 13.2 Å². The summed E-state index contributed by atoms with van der Waals surface area (Å²) in [5.41, 5.74) is -2.03. The molecule has 0 bridgehead atoms. The van der Waals surface area contributed by atoms with Crippen LogP contribution in [0.1, 0.15) is 114 Å². The molecule has 56 heavy (non-hydrogen) atoms. The number of carbonyl (C=O) groups excluding carboxylic acids is 2. The summed E-state index contributed by atoms with van der Waals surface area (Å²) in [5.74, 6) is -0.732. The highest BCUT2D eigenvalue weighted by Gasteiger charge is 2.70. The molecule has 0 radical (unpaired) electrons. The average molecular weight is 795 g/mol. The van der Waals surface area contributed by atoms with Gasteiger partial charge in [0.1, 0.15) is 61.0 Å². The molecule has 0 aromatic heterocycles. The van der Waals surface area contributed by atoms with Crippen LogP contribution in [0, 0.1) is 50.2 Å². The molecule has 13 heteroatoms. The molecular formula is C43H70O13. The molecule has 19 atom stereocenters. The summed E-state index contributed by atoms with van der Waals surface area (Å²) in [5, 5.41) is 76.1. The molecule has 320 valence electrons. The number of hydrogen-bond acceptors (Lipinski definition) is 13. The zero-order valence-electron chi connectivity index (χ0n) is 34.9. The Morgan fingerprint density at radius 3 is 2.23 bits per heavy atom. The van der Waals surface area contributed by atoms with Crippen LogP contribution in [-0.2, 0) is 28.5 Å². The van der Waals surface area contributed by atoms with Crippen molar-refractivity contribution in [3.63, 3.8) is 0 Å². The van der Waals surface area contributed by atoms with Gasteiger partial charge in [-0.25, -0.2) is 0 Å². The minimum Gasteiger partial charge on any atom is -0.462 e. The molecule has 11 unspecified atom stereocenters. The van der Waals surface area contributed by atoms with E-state index in [-0.39, 0.29) is 34.7 Å². The minimum absolute atomic E-state index is 0.0363. The van der Waals surface area contributed by atoms with Gasteiger partial charge in [0.15, 0.2) is 6.29 Å². The summed E-state index contributed by atoms with van der Waals surface area (Å²) in [6, 6.07) is 0. The van der Waals surface area contributed by atoms with E-state index >= 15 is 0 Å². The topological polar surface area (TPSA) is 213 Å². The molecule has 7 N–H and O–H groups in total. The third-order valence-electron chi connectivity index (χ3n) is 16.6. The van der Waals surface area contributed by atoms with E-state index in [0.717, 1.165) is 37.5 Å². The van der Waals surface area contributed by atoms with E-state index in [1.807, 2.05) is 13.8 Å². The first-order chi connectivity index (χ1) is 25.9. The van der Waals surface area contributed by atoms with Gasteiger partial charge >= 0.3 is 5.97 Å². The number of rotatable bonds is 8. The first kappa shape index (κ1) is 44.0. The Labute approximate surface area is 332 Å². The minimum atomic E-state index is -1.60. The van der Waals surface area contributed by atoms with E-state index in [9.17, 15) is 45.3 Å². The quantitative estimate of drug-likeness (QED) is 0.107. The van der Waals surface area contributed by atoms with Crippen molar-refractivity contribution in [2.24, 2.45) is 50.2 Å². The van der Waals surface area contributed by atoms with Gasteiger partial charge in [-0.15, -0.1) is 0 Å². The fourth-order valence-electron chi connectivity index (χ4n) is 12.8. The zero-order chi connectivity index (χ0) is 41.6. The Balaban J connectivity index is 1.24. The number of aliphatic hydroxyl groups excluding tert-OH is 7. The van der Waals surface area contributed by atoms with Gasteiger partial charge in [-0.05, 0) is 97.7 Å². The van der Waals surface area contributed by atoms with Crippen LogP contribution in [-0.4, -0.2) is 129 Å². The van der Waals surface area contributed by atoms with Crippen LogP contribution in [0.4, 0.5) is 0 Å². The molecule has 6 aliphatic rings. The van der Waals surface area contributed by atoms with E-state index in [1.54, 1.807) is 6.92 Å². The molecule has 4 aliphatic carbocycles. The highest BCUT2D eigenvalue weighted by molar-refractivity contribution is 5.79. The predicted octanol–water partition coefficient (Wildman–Crippen LogP) is 2.81. The van der Waals surface area contributed by atoms with Crippen LogP contribution in [0.5, 0.6) is 0 Å². The lowest BCUT2D eigenvalue weighted by atomic mass is 9.34. The van der Waals surface area contributed by atoms with Crippen molar-refractivity contribution in [2.45, 2.75) is 181 Å². The second-order valence-corrected chi connectivity index (χ2v) is 20.7. The highest BCUT2D eigenvalue weighted by atomic mass is 16.7. The maximum atomic E-state index is 14.7. The number of fused-ring (bicyclic) bond motifs is 5. The molecule has 5 fully saturated rings. The standard InChI is InChI=1S/C43H70O13/c1-22-24-10-11-28-39(6)14-13-29(46)40(7,21-44)27(39)12-15-41(28,8)42(24,9)18-30(47)43(22,17-16-38(3,4)5)37(52)54-20-26-32(49)33(50)35(23(2)55-26)56-36-34(51)31(48)25(45)19-53-36/h10,21-23,25-36,45-51H,11-20H2,1-9H3/t22?,23-,25-,26+,27-,28?,29?,30-,31?,32?,33?,34?,35?,36+,39?,40?,41-,42-,43?/m1/s1. The van der Waals surface area contributed by atoms with E-state index in [2.05, 4.69) is 47.6 Å². The monoisotopic (exact) mass is 794 g/mol. The largest absolute Gasteiger partial charge is 0.462 e. The summed E-state index contributed by atoms with van der Waals surface area (Å²) in [4.78, 5) is 27.3. The van der Waals surface area contributed by atoms with Crippen molar-refractivity contribution in [3.05, 3.63) is 11.6 Å². The Morgan fingerprint density at radius 2 is 1.59 bits per heavy atom. The summed E-state index contributed by atoms with van der Waals surface area (Å²) < 4.78 is 23.2. The summed E-state index contributed by atoms with van der Waals surface area (Å²) in [6.45, 7) is 18.0. The molecular weight excluding hydrogens is 724 g/mol. The Hall–Kier alpha value is -1.52. The van der Waals surface area contributed by atoms with Gasteiger partial charge in [0.05, 0.1) is 30.3 Å². The first-order valence-electron chi connectivity index (χ1n) is 21.0. The lowest BCUT2D eigenvalue weighted by molar-refractivity contribution is -0.322. The van der Waals surface area contributed by atoms with Gasteiger partial charge in [0.25, 0.3) is 0 Å². The van der Waals surface area contributed by atoms with Crippen LogP contribution in [0.15, 0.2) is 11.6 Å². The third kappa shape index (κ3) is 6.76. The molecule has 0 amide bonds. The van der Waals surface area contributed by atoms with E-state index < -0.39 is 102 Å². The molecule has 0 aromatic carbocycles. The number of aldehydes is 1. The van der Waals surface area contributed by atoms with Gasteiger partial charge in [-0.3, -0.25) is 4.79 Å². The molecule has 2 heterocycles. The second kappa shape index (κ2) is 15.2. The summed E-state index contributed by atoms with van der Waals surface area (Å²) >= 11 is 0. The van der Waals surface area contributed by atoms with Crippen molar-refractivity contribution in [1.82, 2.24) is 0 Å². The SMILES string of the molecule is CC1C2=CCC3C4(C)CCC(O)C(C)(C=O)[C@@H]4CC[C@@]3(C)[C@]2(C)C[C@@H](O)C1(CCC(C)(C)C)C(=O)OC[C@@H]1O[C@H](C)C(O[C@@H]2OC[C@@H](O)C(O)C2O)C(O)C1O. The van der Waals surface area contributed by atoms with Crippen LogP contribution in [0.25, 0.3) is 0 Å². The highest BCUT2D eigenvalue weighted by Crippen LogP contribution is 2.74. The fraction of sp³-hybridized carbons (Fsp3) is 0.907. The van der Waals surface area contributed by atoms with Gasteiger partial charge in [0.2, 0.25) is 0 Å². The van der Waals surface area contributed by atoms with E-state index in [0.29, 0.717) is 25.7 Å². The lowest BCUT2D eigenvalue weighted by Gasteiger charge is -2.70. The summed E-state index contributed by atoms with van der Waals surface area (Å²) in [6.07, 6.45) is -5.39. The third-order valence-corrected chi connectivity index (χ3v) is 16.6. The van der Waals surface area contributed by atoms with Crippen molar-refractivity contribution in [3.8, 4) is 0 Å². The van der Waals surface area contributed by atoms with Crippen LogP contribution in [0.2, 0.25) is 0 Å². The Kier molecular flexibility index (Phi) is 11.9. The van der Waals surface area contributed by atoms with E-state index in [1.165, 1.54) is 0 Å². The number of allylic oxidation sites excluding steroid dienone is 2. The van der Waals surface area contributed by atoms with Crippen molar-refractivity contribution < 1.29 is 64.3 Å². The van der Waals surface area contributed by atoms with Gasteiger partial charge in [0, 0.05) is 0 Å². The second-order valence-electron chi connectivity index (χ2n) is 20.7. The van der Waals surface area contributed by atoms with Crippen LogP contribution in [0.3, 0.4) is 0 Å². The van der Waals surface area contributed by atoms with Crippen molar-refractivity contribution >= 4 is 12.3 Å². The Morgan fingerprint density at radius 1 is 0.911 bits per heavy atom. The van der Waals surface area contributed by atoms with E-state index in [4.69, 9.17) is 18.9 Å². The molecule has 2 aliphatic heterocycles. The van der Waals surface area contributed by atoms with Crippen molar-refractivity contribution in [1.29, 1.82) is 0 Å². The predicted molar refractivity (Wildman–Crippen MR) is 203 cm³/mol. The number of hydrogen-bond donors (Lipinski definition) is 7. The molecule has 0 aromatic rings. The van der Waals surface area contributed by atoms with Crippen LogP contribution >= 0.6 is 0 Å². The van der Waals surface area contributed by atoms with Gasteiger partial charge in [-0.1, -0.05) is 67.0 Å².